The van der Waals surface area contributed by atoms with Gasteiger partial charge < -0.3 is 24.6 Å². The molecule has 1 aliphatic heterocycles. The molecular weight excluding hydrogens is 267 g/mol. The number of rotatable bonds is 7. The number of likely N-dealkylation sites (tertiary alicyclic amines) is 1. The molecular formula is C15H25BN2O3. The van der Waals surface area contributed by atoms with E-state index in [1.165, 1.54) is 25.9 Å². The van der Waals surface area contributed by atoms with Gasteiger partial charge in [-0.2, -0.15) is 0 Å². The van der Waals surface area contributed by atoms with Crippen molar-refractivity contribution in [2.45, 2.75) is 19.4 Å². The molecule has 0 radical (unpaired) electrons. The van der Waals surface area contributed by atoms with Gasteiger partial charge in [0.1, 0.15) is 5.75 Å². The summed E-state index contributed by atoms with van der Waals surface area (Å²) < 4.78 is 5.36. The van der Waals surface area contributed by atoms with Crippen LogP contribution in [0.1, 0.15) is 18.4 Å². The van der Waals surface area contributed by atoms with Crippen molar-refractivity contribution in [3.8, 4) is 5.75 Å². The van der Waals surface area contributed by atoms with Crippen molar-refractivity contribution in [3.05, 3.63) is 23.8 Å². The molecule has 2 rings (SSSR count). The van der Waals surface area contributed by atoms with Crippen LogP contribution in [-0.2, 0) is 6.54 Å². The third-order valence-electron chi connectivity index (χ3n) is 4.04. The van der Waals surface area contributed by atoms with Gasteiger partial charge in [-0.1, -0.05) is 12.1 Å². The van der Waals surface area contributed by atoms with E-state index in [9.17, 15) is 10.0 Å². The second-order valence-electron chi connectivity index (χ2n) is 5.73. The first kappa shape index (κ1) is 16.3. The highest BCUT2D eigenvalue weighted by molar-refractivity contribution is 6.58. The highest BCUT2D eigenvalue weighted by Crippen LogP contribution is 2.18. The van der Waals surface area contributed by atoms with E-state index < -0.39 is 7.12 Å². The van der Waals surface area contributed by atoms with Gasteiger partial charge in [0.25, 0.3) is 0 Å². The fourth-order valence-corrected chi connectivity index (χ4v) is 2.77. The maximum Gasteiger partial charge on any atom is 0.488 e. The Hall–Kier alpha value is -1.08. The summed E-state index contributed by atoms with van der Waals surface area (Å²) in [5.41, 5.74) is 1.48. The summed E-state index contributed by atoms with van der Waals surface area (Å²) >= 11 is 0. The smallest absolute Gasteiger partial charge is 0.488 e. The molecule has 1 aromatic rings. The van der Waals surface area contributed by atoms with Gasteiger partial charge in [-0.05, 0) is 44.5 Å². The predicted molar refractivity (Wildman–Crippen MR) is 84.8 cm³/mol. The standard InChI is InChI=1S/C15H25BN2O3/c1-17(9-10-18-7-3-4-8-18)12-13-11-14(16(19)20)5-6-15(13)21-2/h5-6,11,19-20H,3-4,7-10,12H2,1-2H3. The summed E-state index contributed by atoms with van der Waals surface area (Å²) in [6.07, 6.45) is 2.63. The minimum absolute atomic E-state index is 0.499. The quantitative estimate of drug-likeness (QED) is 0.688. The molecule has 116 valence electrons. The average Bonchev–Trinajstić information content (AvgIpc) is 2.98. The van der Waals surface area contributed by atoms with Gasteiger partial charge >= 0.3 is 7.12 Å². The second kappa shape index (κ2) is 7.80. The highest BCUT2D eigenvalue weighted by atomic mass is 16.5. The van der Waals surface area contributed by atoms with Crippen LogP contribution in [-0.4, -0.2) is 67.3 Å². The van der Waals surface area contributed by atoms with Crippen molar-refractivity contribution < 1.29 is 14.8 Å². The largest absolute Gasteiger partial charge is 0.496 e. The van der Waals surface area contributed by atoms with E-state index in [4.69, 9.17) is 4.74 Å². The van der Waals surface area contributed by atoms with Gasteiger partial charge in [-0.3, -0.25) is 0 Å². The molecule has 21 heavy (non-hydrogen) atoms. The molecule has 0 amide bonds. The number of hydrogen-bond donors (Lipinski definition) is 2. The van der Waals surface area contributed by atoms with E-state index in [1.54, 1.807) is 25.3 Å². The van der Waals surface area contributed by atoms with Crippen molar-refractivity contribution in [2.75, 3.05) is 40.3 Å². The Balaban J connectivity index is 1.94. The summed E-state index contributed by atoms with van der Waals surface area (Å²) in [6, 6.07) is 5.27. The van der Waals surface area contributed by atoms with Gasteiger partial charge in [-0.15, -0.1) is 0 Å². The van der Waals surface area contributed by atoms with Crippen LogP contribution >= 0.6 is 0 Å². The minimum atomic E-state index is -1.44. The lowest BCUT2D eigenvalue weighted by Gasteiger charge is -2.22. The molecule has 0 atom stereocenters. The zero-order valence-electron chi connectivity index (χ0n) is 13.0. The molecule has 0 bridgehead atoms. The van der Waals surface area contributed by atoms with E-state index in [0.29, 0.717) is 5.46 Å². The van der Waals surface area contributed by atoms with Gasteiger partial charge in [0.05, 0.1) is 7.11 Å². The van der Waals surface area contributed by atoms with Gasteiger partial charge in [-0.25, -0.2) is 0 Å². The summed E-state index contributed by atoms with van der Waals surface area (Å²) in [7, 11) is 2.28. The Morgan fingerprint density at radius 1 is 1.29 bits per heavy atom. The number of methoxy groups -OCH3 is 1. The van der Waals surface area contributed by atoms with Crippen molar-refractivity contribution in [2.24, 2.45) is 0 Å². The molecule has 0 unspecified atom stereocenters. The fourth-order valence-electron chi connectivity index (χ4n) is 2.77. The Kier molecular flexibility index (Phi) is 6.05. The monoisotopic (exact) mass is 292 g/mol. The molecule has 1 saturated heterocycles. The number of benzene rings is 1. The predicted octanol–water partition coefficient (Wildman–Crippen LogP) is -0.0974. The van der Waals surface area contributed by atoms with Crippen molar-refractivity contribution in [1.29, 1.82) is 0 Å². The van der Waals surface area contributed by atoms with Crippen LogP contribution < -0.4 is 10.2 Å². The number of ether oxygens (including phenoxy) is 1. The molecule has 0 spiro atoms. The Morgan fingerprint density at radius 3 is 2.62 bits per heavy atom. The lowest BCUT2D eigenvalue weighted by Crippen LogP contribution is -2.33. The summed E-state index contributed by atoms with van der Waals surface area (Å²) in [5, 5.41) is 18.6. The summed E-state index contributed by atoms with van der Waals surface area (Å²) in [4.78, 5) is 4.73. The molecule has 1 fully saturated rings. The number of nitrogens with zero attached hydrogens (tertiary/aromatic N) is 2. The van der Waals surface area contributed by atoms with E-state index in [-0.39, 0.29) is 0 Å². The Morgan fingerprint density at radius 2 is 2.00 bits per heavy atom. The second-order valence-corrected chi connectivity index (χ2v) is 5.73. The van der Waals surface area contributed by atoms with Crippen LogP contribution in [0.2, 0.25) is 0 Å². The van der Waals surface area contributed by atoms with Crippen molar-refractivity contribution in [3.63, 3.8) is 0 Å². The van der Waals surface area contributed by atoms with E-state index >= 15 is 0 Å². The normalized spacial score (nSPS) is 15.7. The molecule has 0 aromatic heterocycles. The van der Waals surface area contributed by atoms with Crippen LogP contribution in [0, 0.1) is 0 Å². The minimum Gasteiger partial charge on any atom is -0.496 e. The third kappa shape index (κ3) is 4.71. The van der Waals surface area contributed by atoms with Crippen LogP contribution in [0.15, 0.2) is 18.2 Å². The fraction of sp³-hybridized carbons (Fsp3) is 0.600. The first-order chi connectivity index (χ1) is 10.1. The van der Waals surface area contributed by atoms with E-state index in [1.807, 2.05) is 0 Å². The highest BCUT2D eigenvalue weighted by Gasteiger charge is 2.16. The van der Waals surface area contributed by atoms with Gasteiger partial charge in [0.2, 0.25) is 0 Å². The van der Waals surface area contributed by atoms with Gasteiger partial charge in [0.15, 0.2) is 0 Å². The maximum atomic E-state index is 9.29. The summed E-state index contributed by atoms with van der Waals surface area (Å²) in [5.74, 6) is 0.785. The maximum absolute atomic E-state index is 9.29. The van der Waals surface area contributed by atoms with Gasteiger partial charge in [0, 0.05) is 25.2 Å². The number of likely N-dealkylation sites (N-methyl/N-ethyl adjacent to an activating group) is 1. The van der Waals surface area contributed by atoms with Crippen LogP contribution in [0.4, 0.5) is 0 Å². The Bertz CT molecular complexity index is 451. The third-order valence-corrected chi connectivity index (χ3v) is 4.04. The van der Waals surface area contributed by atoms with E-state index in [0.717, 1.165) is 30.9 Å². The van der Waals surface area contributed by atoms with Crippen molar-refractivity contribution >= 4 is 12.6 Å². The van der Waals surface area contributed by atoms with E-state index in [2.05, 4.69) is 16.8 Å². The summed E-state index contributed by atoms with van der Waals surface area (Å²) in [6.45, 7) is 5.24. The molecule has 0 aliphatic carbocycles. The van der Waals surface area contributed by atoms with Crippen LogP contribution in [0.3, 0.4) is 0 Å². The van der Waals surface area contributed by atoms with Crippen LogP contribution in [0.5, 0.6) is 5.75 Å². The molecule has 6 heteroatoms. The zero-order chi connectivity index (χ0) is 15.2. The Labute approximate surface area is 127 Å². The molecule has 1 aromatic carbocycles. The molecule has 5 nitrogen and oxygen atoms in total. The van der Waals surface area contributed by atoms with Crippen LogP contribution in [0.25, 0.3) is 0 Å². The average molecular weight is 292 g/mol. The number of hydrogen-bond acceptors (Lipinski definition) is 5. The lowest BCUT2D eigenvalue weighted by molar-refractivity contribution is 0.250. The SMILES string of the molecule is COc1ccc(B(O)O)cc1CN(C)CCN1CCCC1. The first-order valence-electron chi connectivity index (χ1n) is 7.54. The molecule has 1 heterocycles. The molecule has 2 N–H and O–H groups in total. The molecule has 0 saturated carbocycles. The molecule has 1 aliphatic rings. The lowest BCUT2D eigenvalue weighted by atomic mass is 9.79. The first-order valence-corrected chi connectivity index (χ1v) is 7.54. The zero-order valence-corrected chi connectivity index (χ0v) is 13.0. The van der Waals surface area contributed by atoms with Crippen molar-refractivity contribution in [1.82, 2.24) is 9.80 Å². The topological polar surface area (TPSA) is 56.2 Å².